The van der Waals surface area contributed by atoms with E-state index in [-0.39, 0.29) is 38.0 Å². The predicted octanol–water partition coefficient (Wildman–Crippen LogP) is 0.730. The average molecular weight is 588 g/mol. The molecule has 1 saturated heterocycles. The molecular weight excluding hydrogens is 550 g/mol. The molecule has 226 valence electrons. The summed E-state index contributed by atoms with van der Waals surface area (Å²) < 4.78 is 0. The Hall–Kier alpha value is -4.74. The molecule has 0 aromatic heterocycles. The van der Waals surface area contributed by atoms with E-state index in [9.17, 15) is 29.4 Å². The van der Waals surface area contributed by atoms with Crippen LogP contribution in [0.1, 0.15) is 23.1 Å². The molecule has 0 spiro atoms. The van der Waals surface area contributed by atoms with Crippen LogP contribution in [0.4, 0.5) is 0 Å². The second kappa shape index (κ2) is 14.4. The van der Waals surface area contributed by atoms with Crippen LogP contribution < -0.4 is 22.1 Å². The summed E-state index contributed by atoms with van der Waals surface area (Å²) in [6.07, 6.45) is 0.529. The molecule has 3 amide bonds. The van der Waals surface area contributed by atoms with E-state index < -0.39 is 53.9 Å². The monoisotopic (exact) mass is 587 g/mol. The van der Waals surface area contributed by atoms with Crippen LogP contribution in [0.25, 0.3) is 0 Å². The van der Waals surface area contributed by atoms with E-state index in [1.807, 2.05) is 12.1 Å². The Bertz CT molecular complexity index is 1400. The van der Waals surface area contributed by atoms with Crippen LogP contribution in [0.5, 0.6) is 5.75 Å². The fourth-order valence-corrected chi connectivity index (χ4v) is 5.20. The van der Waals surface area contributed by atoms with Gasteiger partial charge in [0.05, 0.1) is 6.04 Å². The van der Waals surface area contributed by atoms with Gasteiger partial charge in [-0.25, -0.2) is 4.79 Å². The highest BCUT2D eigenvalue weighted by atomic mass is 16.4. The Balaban J connectivity index is 1.49. The number of likely N-dealkylation sites (tertiary alicyclic amines) is 1. The summed E-state index contributed by atoms with van der Waals surface area (Å²) in [5.41, 5.74) is 14.6. The molecule has 5 atom stereocenters. The van der Waals surface area contributed by atoms with Crippen LogP contribution in [0.3, 0.4) is 0 Å². The van der Waals surface area contributed by atoms with Crippen molar-refractivity contribution < 1.29 is 29.4 Å². The van der Waals surface area contributed by atoms with Gasteiger partial charge in [0.1, 0.15) is 23.9 Å². The van der Waals surface area contributed by atoms with Crippen LogP contribution in [0, 0.1) is 0 Å². The van der Waals surface area contributed by atoms with Crippen LogP contribution in [-0.2, 0) is 38.4 Å². The number of hydrogen-bond donors (Lipinski definition) is 6. The topological polar surface area (TPSA) is 188 Å². The normalized spacial score (nSPS) is 18.3. The molecule has 1 heterocycles. The van der Waals surface area contributed by atoms with Crippen molar-refractivity contribution in [1.29, 1.82) is 0 Å². The molecule has 1 fully saturated rings. The third-order valence-corrected chi connectivity index (χ3v) is 7.44. The Kier molecular flexibility index (Phi) is 10.5. The summed E-state index contributed by atoms with van der Waals surface area (Å²) in [5, 5.41) is 24.7. The predicted molar refractivity (Wildman–Crippen MR) is 160 cm³/mol. The smallest absolute Gasteiger partial charge is 0.326 e. The van der Waals surface area contributed by atoms with Gasteiger partial charge >= 0.3 is 5.97 Å². The van der Waals surface area contributed by atoms with Crippen LogP contribution in [0.15, 0.2) is 84.9 Å². The minimum absolute atomic E-state index is 0.0621. The summed E-state index contributed by atoms with van der Waals surface area (Å²) in [7, 11) is 0. The van der Waals surface area contributed by atoms with Crippen LogP contribution >= 0.6 is 0 Å². The van der Waals surface area contributed by atoms with E-state index >= 15 is 0 Å². The van der Waals surface area contributed by atoms with Gasteiger partial charge in [0, 0.05) is 25.4 Å². The van der Waals surface area contributed by atoms with Gasteiger partial charge in [0.15, 0.2) is 0 Å². The molecule has 43 heavy (non-hydrogen) atoms. The lowest BCUT2D eigenvalue weighted by molar-refractivity contribution is -0.143. The molecule has 11 nitrogen and oxygen atoms in total. The molecule has 0 radical (unpaired) electrons. The minimum Gasteiger partial charge on any atom is -0.508 e. The Morgan fingerprint density at radius 1 is 0.791 bits per heavy atom. The molecule has 0 aliphatic carbocycles. The lowest BCUT2D eigenvalue weighted by Gasteiger charge is -2.28. The maximum Gasteiger partial charge on any atom is 0.326 e. The zero-order valence-corrected chi connectivity index (χ0v) is 23.6. The highest BCUT2D eigenvalue weighted by Crippen LogP contribution is 2.20. The molecule has 4 rings (SSSR count). The molecule has 3 aromatic carbocycles. The van der Waals surface area contributed by atoms with E-state index in [1.165, 1.54) is 17.0 Å². The molecule has 0 saturated carbocycles. The van der Waals surface area contributed by atoms with E-state index in [0.29, 0.717) is 0 Å². The average Bonchev–Trinajstić information content (AvgIpc) is 3.39. The Labute approximate surface area is 249 Å². The van der Waals surface area contributed by atoms with E-state index in [0.717, 1.165) is 16.7 Å². The van der Waals surface area contributed by atoms with Gasteiger partial charge in [-0.15, -0.1) is 0 Å². The number of carboxylic acids is 1. The first-order valence-electron chi connectivity index (χ1n) is 14.1. The molecule has 0 unspecified atom stereocenters. The number of aromatic hydroxyl groups is 1. The van der Waals surface area contributed by atoms with Crippen LogP contribution in [-0.4, -0.2) is 75.6 Å². The second-order valence-corrected chi connectivity index (χ2v) is 10.8. The maximum absolute atomic E-state index is 13.6. The molecule has 1 aliphatic rings. The summed E-state index contributed by atoms with van der Waals surface area (Å²) >= 11 is 0. The highest BCUT2D eigenvalue weighted by Gasteiger charge is 2.41. The van der Waals surface area contributed by atoms with Crippen molar-refractivity contribution in [3.05, 3.63) is 102 Å². The maximum atomic E-state index is 13.6. The van der Waals surface area contributed by atoms with Crippen molar-refractivity contribution in [3.63, 3.8) is 0 Å². The van der Waals surface area contributed by atoms with Gasteiger partial charge in [-0.05, 0) is 41.7 Å². The number of benzene rings is 3. The number of nitrogens with zero attached hydrogens (tertiary/aromatic N) is 1. The zero-order valence-electron chi connectivity index (χ0n) is 23.6. The number of nitrogens with two attached hydrogens (primary N) is 2. The van der Waals surface area contributed by atoms with Crippen molar-refractivity contribution >= 4 is 23.7 Å². The lowest BCUT2D eigenvalue weighted by atomic mass is 10.0. The number of phenols is 1. The third-order valence-electron chi connectivity index (χ3n) is 7.44. The van der Waals surface area contributed by atoms with Crippen molar-refractivity contribution in [2.45, 2.75) is 55.9 Å². The Morgan fingerprint density at radius 2 is 1.33 bits per heavy atom. The Morgan fingerprint density at radius 3 is 1.88 bits per heavy atom. The van der Waals surface area contributed by atoms with Gasteiger partial charge < -0.3 is 37.2 Å². The molecule has 1 aliphatic heterocycles. The second-order valence-electron chi connectivity index (χ2n) is 10.8. The van der Waals surface area contributed by atoms with Gasteiger partial charge in [0.2, 0.25) is 17.7 Å². The van der Waals surface area contributed by atoms with Crippen molar-refractivity contribution in [1.82, 2.24) is 15.5 Å². The number of nitrogens with one attached hydrogen (secondary N) is 2. The number of aliphatic carboxylic acids is 1. The molecule has 8 N–H and O–H groups in total. The first-order valence-corrected chi connectivity index (χ1v) is 14.1. The summed E-state index contributed by atoms with van der Waals surface area (Å²) in [5.74, 6) is -2.81. The van der Waals surface area contributed by atoms with Gasteiger partial charge in [-0.1, -0.05) is 72.8 Å². The first-order chi connectivity index (χ1) is 20.6. The molecule has 0 bridgehead atoms. The summed E-state index contributed by atoms with van der Waals surface area (Å²) in [6.45, 7) is 0.119. The fourth-order valence-electron chi connectivity index (χ4n) is 5.20. The number of carbonyl (C=O) groups is 4. The molecule has 3 aromatic rings. The van der Waals surface area contributed by atoms with E-state index in [2.05, 4.69) is 10.6 Å². The zero-order chi connectivity index (χ0) is 30.9. The number of hydrogen-bond acceptors (Lipinski definition) is 7. The number of phenolic OH excluding ortho intramolecular Hbond substituents is 1. The largest absolute Gasteiger partial charge is 0.508 e. The number of carboxylic acid groups (broad SMARTS) is 1. The van der Waals surface area contributed by atoms with Gasteiger partial charge in [-0.2, -0.15) is 0 Å². The fraction of sp³-hybridized carbons (Fsp3) is 0.312. The van der Waals surface area contributed by atoms with E-state index in [4.69, 9.17) is 11.5 Å². The van der Waals surface area contributed by atoms with Crippen molar-refractivity contribution in [2.24, 2.45) is 11.5 Å². The number of carbonyl (C=O) groups excluding carboxylic acids is 3. The highest BCUT2D eigenvalue weighted by molar-refractivity contribution is 5.94. The van der Waals surface area contributed by atoms with E-state index in [1.54, 1.807) is 60.7 Å². The van der Waals surface area contributed by atoms with Crippen molar-refractivity contribution in [3.8, 4) is 5.75 Å². The third kappa shape index (κ3) is 8.63. The van der Waals surface area contributed by atoms with Gasteiger partial charge in [-0.3, -0.25) is 14.4 Å². The first kappa shape index (κ1) is 31.2. The van der Waals surface area contributed by atoms with Crippen molar-refractivity contribution in [2.75, 3.05) is 6.54 Å². The SMILES string of the molecule is N[C@@H]1C[C@@H](C(=O)N[C@@H](Cc2ccccc2)C(=O)N[C@@H](Cc2ccccc2)C(=O)O)N(C(=O)[C@@H](N)Cc2ccc(O)cc2)C1. The molecular formula is C32H37N5O6. The minimum atomic E-state index is -1.22. The molecule has 11 heteroatoms. The lowest BCUT2D eigenvalue weighted by Crippen LogP contribution is -2.57. The number of rotatable bonds is 12. The van der Waals surface area contributed by atoms with Gasteiger partial charge in [0.25, 0.3) is 0 Å². The standard InChI is InChI=1S/C32H37N5O6/c33-23-18-28(37(19-23)31(41)25(34)15-22-11-13-24(38)14-12-22)30(40)35-26(16-20-7-3-1-4-8-20)29(39)36-27(32(42)43)17-21-9-5-2-6-10-21/h1-14,23,25-28,38H,15-19,33-34H2,(H,35,40)(H,36,39)(H,42,43)/t23-,25+,26+,27+,28+/m1/s1. The summed E-state index contributed by atoms with van der Waals surface area (Å²) in [6, 6.07) is 19.5. The number of amides is 3. The summed E-state index contributed by atoms with van der Waals surface area (Å²) in [4.78, 5) is 53.8. The quantitative estimate of drug-likeness (QED) is 0.179. The van der Waals surface area contributed by atoms with Crippen LogP contribution in [0.2, 0.25) is 0 Å².